The topological polar surface area (TPSA) is 218 Å². The smallest absolute Gasteiger partial charge is 0.413 e. The van der Waals surface area contributed by atoms with Crippen LogP contribution in [0.25, 0.3) is 0 Å². The van der Waals surface area contributed by atoms with Gasteiger partial charge in [-0.3, -0.25) is 19.3 Å². The lowest BCUT2D eigenvalue weighted by molar-refractivity contribution is -0.347. The van der Waals surface area contributed by atoms with Crippen molar-refractivity contribution >= 4 is 35.8 Å². The van der Waals surface area contributed by atoms with Crippen molar-refractivity contribution in [2.24, 2.45) is 16.7 Å². The van der Waals surface area contributed by atoms with Crippen molar-refractivity contribution in [1.29, 1.82) is 0 Å². The Labute approximate surface area is 424 Å². The monoisotopic (exact) mass is 1010 g/mol. The molecule has 2 saturated heterocycles. The summed E-state index contributed by atoms with van der Waals surface area (Å²) in [4.78, 5) is 88.6. The lowest BCUT2D eigenvalue weighted by atomic mass is 9.44. The molecule has 3 aliphatic carbocycles. The Morgan fingerprint density at radius 1 is 0.836 bits per heavy atom. The number of esters is 4. The number of ether oxygens (including phenoxy) is 10. The van der Waals surface area contributed by atoms with E-state index in [1.165, 1.54) is 45.3 Å². The Kier molecular flexibility index (Phi) is 14.1. The van der Waals surface area contributed by atoms with Crippen molar-refractivity contribution in [1.82, 2.24) is 4.90 Å². The number of carbonyl (C=O) groups excluding carboxylic acids is 6. The fourth-order valence-electron chi connectivity index (χ4n) is 12.1. The van der Waals surface area contributed by atoms with E-state index in [-0.39, 0.29) is 35.5 Å². The van der Waals surface area contributed by atoms with Crippen LogP contribution in [0.4, 0.5) is 4.79 Å². The van der Waals surface area contributed by atoms with Crippen LogP contribution in [0.3, 0.4) is 0 Å². The largest absolute Gasteiger partial charge is 0.497 e. The number of carbonyl (C=O) groups is 6. The predicted molar refractivity (Wildman–Crippen MR) is 258 cm³/mol. The number of aliphatic hydroxyl groups is 1. The van der Waals surface area contributed by atoms with Gasteiger partial charge in [-0.25, -0.2) is 14.4 Å². The van der Waals surface area contributed by atoms with Crippen LogP contribution >= 0.6 is 0 Å². The van der Waals surface area contributed by atoms with Gasteiger partial charge < -0.3 is 52.5 Å². The molecule has 392 valence electrons. The first-order chi connectivity index (χ1) is 34.4. The first-order valence-electron chi connectivity index (χ1n) is 24.3. The second kappa shape index (κ2) is 19.5. The quantitative estimate of drug-likeness (QED) is 0.117. The normalized spacial score (nSPS) is 32.3. The third-order valence-electron chi connectivity index (χ3n) is 15.5. The molecule has 0 aromatic heterocycles. The summed E-state index contributed by atoms with van der Waals surface area (Å²) in [7, 11) is 4.33. The number of methoxy groups -OCH3 is 3. The molecule has 12 atom stereocenters. The molecule has 8 rings (SSSR count). The Morgan fingerprint density at radius 3 is 2.05 bits per heavy atom. The Morgan fingerprint density at radius 2 is 1.49 bits per heavy atom. The van der Waals surface area contributed by atoms with Crippen molar-refractivity contribution in [2.75, 3.05) is 27.9 Å². The van der Waals surface area contributed by atoms with Crippen LogP contribution in [0.5, 0.6) is 11.5 Å². The van der Waals surface area contributed by atoms with E-state index in [0.717, 1.165) is 6.92 Å². The minimum Gasteiger partial charge on any atom is -0.497 e. The van der Waals surface area contributed by atoms with Gasteiger partial charge in [0.05, 0.1) is 43.8 Å². The first kappa shape index (κ1) is 53.0. The summed E-state index contributed by atoms with van der Waals surface area (Å²) in [5, 5.41) is 14.1. The third kappa shape index (κ3) is 8.93. The molecule has 0 spiro atoms. The molecule has 2 heterocycles. The van der Waals surface area contributed by atoms with Crippen molar-refractivity contribution < 1.29 is 81.2 Å². The first-order valence-corrected chi connectivity index (χ1v) is 24.3. The molecular weight excluding hydrogens is 947 g/mol. The highest BCUT2D eigenvalue weighted by Gasteiger charge is 2.78. The van der Waals surface area contributed by atoms with Crippen LogP contribution in [0.2, 0.25) is 0 Å². The lowest BCUT2D eigenvalue weighted by Gasteiger charge is -2.67. The van der Waals surface area contributed by atoms with E-state index in [1.54, 1.807) is 115 Å². The highest BCUT2D eigenvalue weighted by Crippen LogP contribution is 2.65. The van der Waals surface area contributed by atoms with E-state index >= 15 is 9.59 Å². The fraction of sp³-hybridized carbons (Fsp3) is 0.527. The third-order valence-corrected chi connectivity index (χ3v) is 15.5. The predicted octanol–water partition coefficient (Wildman–Crippen LogP) is 6.95. The summed E-state index contributed by atoms with van der Waals surface area (Å²) in [6.45, 7) is 13.6. The van der Waals surface area contributed by atoms with E-state index in [0.29, 0.717) is 16.9 Å². The van der Waals surface area contributed by atoms with Gasteiger partial charge in [-0.05, 0) is 75.6 Å². The molecule has 18 heteroatoms. The summed E-state index contributed by atoms with van der Waals surface area (Å²) in [6.07, 6.45) is -11.1. The van der Waals surface area contributed by atoms with E-state index in [2.05, 4.69) is 0 Å². The minimum absolute atomic E-state index is 0.0302. The average Bonchev–Trinajstić information content (AvgIpc) is 3.74. The number of hydrogen-bond donors (Lipinski definition) is 1. The lowest BCUT2D eigenvalue weighted by Crippen LogP contribution is -2.82. The molecule has 6 unspecified atom stereocenters. The Bertz CT molecular complexity index is 2680. The van der Waals surface area contributed by atoms with Crippen LogP contribution in [0.1, 0.15) is 109 Å². The van der Waals surface area contributed by atoms with E-state index in [4.69, 9.17) is 47.4 Å². The molecule has 73 heavy (non-hydrogen) atoms. The molecule has 3 aromatic carbocycles. The number of hydrogen-bond acceptors (Lipinski definition) is 17. The fourth-order valence-corrected chi connectivity index (χ4v) is 12.1. The van der Waals surface area contributed by atoms with Crippen molar-refractivity contribution in [3.8, 4) is 11.5 Å². The maximum Gasteiger partial charge on any atom is 0.413 e. The van der Waals surface area contributed by atoms with Gasteiger partial charge >= 0.3 is 30.0 Å². The maximum absolute atomic E-state index is 16.0. The second-order valence-corrected chi connectivity index (χ2v) is 21.1. The zero-order chi connectivity index (χ0) is 53.2. The van der Waals surface area contributed by atoms with Gasteiger partial charge in [-0.15, -0.1) is 0 Å². The van der Waals surface area contributed by atoms with Gasteiger partial charge in [0, 0.05) is 50.8 Å². The zero-order valence-electron chi connectivity index (χ0n) is 43.2. The van der Waals surface area contributed by atoms with Gasteiger partial charge in [-0.1, -0.05) is 62.4 Å². The highest BCUT2D eigenvalue weighted by atomic mass is 16.6. The van der Waals surface area contributed by atoms with Crippen LogP contribution in [0, 0.1) is 16.7 Å². The van der Waals surface area contributed by atoms with Crippen molar-refractivity contribution in [3.05, 3.63) is 107 Å². The summed E-state index contributed by atoms with van der Waals surface area (Å²) in [6, 6.07) is 20.4. The zero-order valence-corrected chi connectivity index (χ0v) is 43.2. The molecule has 2 aliphatic heterocycles. The minimum atomic E-state index is -2.36. The number of nitrogens with zero attached hydrogens (tertiary/aromatic N) is 1. The number of ketones is 1. The van der Waals surface area contributed by atoms with Crippen molar-refractivity contribution in [2.45, 2.75) is 141 Å². The van der Waals surface area contributed by atoms with Gasteiger partial charge in [0.15, 0.2) is 29.8 Å². The molecule has 18 nitrogen and oxygen atoms in total. The van der Waals surface area contributed by atoms with Gasteiger partial charge in [0.1, 0.15) is 47.1 Å². The van der Waals surface area contributed by atoms with Gasteiger partial charge in [0.2, 0.25) is 0 Å². The number of rotatable bonds is 11. The molecule has 4 fully saturated rings. The highest BCUT2D eigenvalue weighted by molar-refractivity contribution is 5.95. The van der Waals surface area contributed by atoms with Crippen LogP contribution < -0.4 is 9.47 Å². The van der Waals surface area contributed by atoms with Gasteiger partial charge in [0.25, 0.3) is 0 Å². The molecule has 1 amide bonds. The number of benzene rings is 3. The molecule has 2 saturated carbocycles. The summed E-state index contributed by atoms with van der Waals surface area (Å²) in [5.41, 5.74) is -7.32. The van der Waals surface area contributed by atoms with Crippen LogP contribution in [-0.2, 0) is 57.1 Å². The van der Waals surface area contributed by atoms with Gasteiger partial charge in [-0.2, -0.15) is 0 Å². The molecule has 0 radical (unpaired) electrons. The summed E-state index contributed by atoms with van der Waals surface area (Å²) < 4.78 is 61.6. The number of amides is 1. The van der Waals surface area contributed by atoms with E-state index < -0.39 is 125 Å². The molecule has 3 aromatic rings. The Balaban J connectivity index is 1.32. The molecule has 1 N–H and O–H groups in total. The van der Waals surface area contributed by atoms with Crippen LogP contribution in [-0.4, -0.2) is 127 Å². The summed E-state index contributed by atoms with van der Waals surface area (Å²) in [5.74, 6) is -4.90. The Hall–Kier alpha value is -6.34. The van der Waals surface area contributed by atoms with Crippen molar-refractivity contribution in [3.63, 3.8) is 0 Å². The second-order valence-electron chi connectivity index (χ2n) is 21.1. The van der Waals surface area contributed by atoms with Crippen LogP contribution in [0.15, 0.2) is 90.0 Å². The number of Topliss-reactive ketones (excluding diaryl/α,β-unsaturated/α-hetero) is 1. The van der Waals surface area contributed by atoms with E-state index in [9.17, 15) is 24.3 Å². The average molecular weight is 1010 g/mol. The maximum atomic E-state index is 16.0. The standard InChI is InChI=1S/C55H65NO17/c1-29-37(69-49(61)43-41(32-19-15-13-16-20-32)56(50(62)73-51(4,5)6)47(70-43)35-24-23-34(64-10)25-36(35)65-11)27-55(63)46(71-48(60)33-21-17-14-18-22-33)44-53(9,45(59)42(68-30(2)57)40(29)52(55,7)8)38(66-12)26-39-54(44,28-67-39)72-31(3)58/h13-25,37-39,41-44,46-47,63H,26-28H2,1-12H3/t37?,38-,39?,41-,42+,43?,44?,46?,47?,53+,54-,55+/m0/s1. The summed E-state index contributed by atoms with van der Waals surface area (Å²) >= 11 is 0. The molecular formula is C55H65NO17. The molecule has 5 aliphatic rings. The number of fused-ring (bicyclic) bond motifs is 5. The van der Waals surface area contributed by atoms with E-state index in [1.807, 2.05) is 0 Å². The molecule has 2 bridgehead atoms. The SMILES string of the molecule is COc1ccc(C2OC(C(=O)OC3C[C@@]4(O)C(OC(=O)c5ccccc5)C5[C@]6(OC(C)=O)COC6C[C@H](OC)[C@@]5(C)C(=O)[C@H](OC(C)=O)C(=C3C)C4(C)C)[C@H](c3ccccc3)N2C(=O)OC(C)(C)C)c(OC)c1.